The van der Waals surface area contributed by atoms with Crippen molar-refractivity contribution in [3.05, 3.63) is 195 Å². The Morgan fingerprint density at radius 3 is 1.70 bits per heavy atom. The summed E-state index contributed by atoms with van der Waals surface area (Å²) in [4.78, 5) is 29.5. The van der Waals surface area contributed by atoms with Gasteiger partial charge in [0.15, 0.2) is 17.5 Å². The third-order valence-corrected chi connectivity index (χ3v) is 12.0. The van der Waals surface area contributed by atoms with E-state index in [-0.39, 0.29) is 0 Å². The highest BCUT2D eigenvalue weighted by molar-refractivity contribution is 6.12. The molecule has 0 bridgehead atoms. The Morgan fingerprint density at radius 1 is 0.365 bits per heavy atom. The van der Waals surface area contributed by atoms with Crippen molar-refractivity contribution < 1.29 is 4.42 Å². The molecule has 294 valence electrons. The van der Waals surface area contributed by atoms with Crippen molar-refractivity contribution in [1.29, 1.82) is 0 Å². The molecule has 0 aliphatic rings. The van der Waals surface area contributed by atoms with Crippen LogP contribution in [0.2, 0.25) is 0 Å². The van der Waals surface area contributed by atoms with Gasteiger partial charge in [-0.3, -0.25) is 9.55 Å². The fourth-order valence-electron chi connectivity index (χ4n) is 9.04. The van der Waals surface area contributed by atoms with Crippen LogP contribution in [0, 0.1) is 0 Å². The monoisotopic (exact) mass is 808 g/mol. The minimum absolute atomic E-state index is 0.546. The molecule has 0 radical (unpaired) electrons. The zero-order valence-electron chi connectivity index (χ0n) is 33.5. The summed E-state index contributed by atoms with van der Waals surface area (Å²) in [7, 11) is 0. The van der Waals surface area contributed by atoms with Crippen LogP contribution >= 0.6 is 0 Å². The minimum atomic E-state index is 0.546. The Kier molecular flexibility index (Phi) is 7.70. The second kappa shape index (κ2) is 13.9. The summed E-state index contributed by atoms with van der Waals surface area (Å²) in [5, 5.41) is 6.46. The minimum Gasteiger partial charge on any atom is -0.456 e. The van der Waals surface area contributed by atoms with Crippen LogP contribution in [0.5, 0.6) is 0 Å². The van der Waals surface area contributed by atoms with Gasteiger partial charge in [-0.2, -0.15) is 9.97 Å². The SMILES string of the molecule is c1ccc(-c2nc(-c3ccccc3)nc(-n3c4ccccc4c4cc(-c5nccc(-c6ccc7c(c6)c6ccccc6n7-c6ccc7oc8ccncc8c7c6)n5)ccc43)n2)cc1. The fraction of sp³-hybridized carbons (Fsp3) is 0. The molecule has 13 rings (SSSR count). The average Bonchev–Trinajstić information content (AvgIpc) is 4.01. The molecule has 6 heterocycles. The molecule has 0 aliphatic heterocycles. The van der Waals surface area contributed by atoms with E-state index in [2.05, 4.69) is 105 Å². The third-order valence-electron chi connectivity index (χ3n) is 12.0. The van der Waals surface area contributed by atoms with Crippen molar-refractivity contribution in [2.45, 2.75) is 0 Å². The van der Waals surface area contributed by atoms with Gasteiger partial charge in [0.1, 0.15) is 11.2 Å². The lowest BCUT2D eigenvalue weighted by Crippen LogP contribution is -2.06. The van der Waals surface area contributed by atoms with Crippen LogP contribution < -0.4 is 0 Å². The van der Waals surface area contributed by atoms with Crippen LogP contribution in [-0.2, 0) is 0 Å². The molecule has 63 heavy (non-hydrogen) atoms. The van der Waals surface area contributed by atoms with E-state index in [0.29, 0.717) is 23.4 Å². The van der Waals surface area contributed by atoms with Crippen molar-refractivity contribution in [3.8, 4) is 57.1 Å². The van der Waals surface area contributed by atoms with Gasteiger partial charge >= 0.3 is 0 Å². The summed E-state index contributed by atoms with van der Waals surface area (Å²) in [6.45, 7) is 0. The lowest BCUT2D eigenvalue weighted by molar-refractivity contribution is 0.668. The lowest BCUT2D eigenvalue weighted by atomic mass is 10.1. The maximum Gasteiger partial charge on any atom is 0.238 e. The van der Waals surface area contributed by atoms with Crippen molar-refractivity contribution in [1.82, 2.24) is 39.0 Å². The number of pyridine rings is 1. The summed E-state index contributed by atoms with van der Waals surface area (Å²) >= 11 is 0. The van der Waals surface area contributed by atoms with Gasteiger partial charge in [-0.15, -0.1) is 0 Å². The number of hydrogen-bond acceptors (Lipinski definition) is 7. The number of rotatable bonds is 6. The Hall–Kier alpha value is -8.82. The highest BCUT2D eigenvalue weighted by Crippen LogP contribution is 2.38. The number of hydrogen-bond donors (Lipinski definition) is 0. The van der Waals surface area contributed by atoms with Crippen LogP contribution in [0.25, 0.3) is 123 Å². The molecule has 9 nitrogen and oxygen atoms in total. The van der Waals surface area contributed by atoms with E-state index in [9.17, 15) is 0 Å². The van der Waals surface area contributed by atoms with E-state index in [4.69, 9.17) is 29.3 Å². The highest BCUT2D eigenvalue weighted by Gasteiger charge is 2.20. The summed E-state index contributed by atoms with van der Waals surface area (Å²) in [5.41, 5.74) is 11.5. The van der Waals surface area contributed by atoms with E-state index in [0.717, 1.165) is 99.2 Å². The first-order valence-corrected chi connectivity index (χ1v) is 20.8. The van der Waals surface area contributed by atoms with Crippen molar-refractivity contribution >= 4 is 65.6 Å². The van der Waals surface area contributed by atoms with E-state index < -0.39 is 0 Å². The summed E-state index contributed by atoms with van der Waals surface area (Å²) in [6, 6.07) is 60.3. The molecule has 0 amide bonds. The largest absolute Gasteiger partial charge is 0.456 e. The highest BCUT2D eigenvalue weighted by atomic mass is 16.3. The van der Waals surface area contributed by atoms with Gasteiger partial charge in [0, 0.05) is 78.8 Å². The number of benzene rings is 7. The van der Waals surface area contributed by atoms with Crippen LogP contribution in [-0.4, -0.2) is 39.0 Å². The average molecular weight is 809 g/mol. The second-order valence-corrected chi connectivity index (χ2v) is 15.6. The molecule has 0 spiro atoms. The third kappa shape index (κ3) is 5.64. The summed E-state index contributed by atoms with van der Waals surface area (Å²) in [6.07, 6.45) is 5.48. The predicted octanol–water partition coefficient (Wildman–Crippen LogP) is 12.8. The number of fused-ring (bicyclic) bond motifs is 9. The van der Waals surface area contributed by atoms with Gasteiger partial charge < -0.3 is 8.98 Å². The molecule has 0 fully saturated rings. The zero-order chi connectivity index (χ0) is 41.4. The van der Waals surface area contributed by atoms with Gasteiger partial charge in [-0.1, -0.05) is 103 Å². The van der Waals surface area contributed by atoms with Crippen molar-refractivity contribution in [3.63, 3.8) is 0 Å². The molecule has 13 aromatic rings. The Labute approximate surface area is 359 Å². The maximum absolute atomic E-state index is 6.13. The number of para-hydroxylation sites is 2. The summed E-state index contributed by atoms with van der Waals surface area (Å²) in [5.74, 6) is 2.40. The molecule has 0 saturated carbocycles. The number of furan rings is 1. The number of aromatic nitrogens is 8. The van der Waals surface area contributed by atoms with Gasteiger partial charge in [-0.25, -0.2) is 15.0 Å². The topological polar surface area (TPSA) is 100 Å². The molecule has 9 heteroatoms. The molecular weight excluding hydrogens is 777 g/mol. The molecule has 0 saturated heterocycles. The van der Waals surface area contributed by atoms with E-state index in [1.54, 1.807) is 6.20 Å². The fourth-order valence-corrected chi connectivity index (χ4v) is 9.04. The molecule has 0 aliphatic carbocycles. The van der Waals surface area contributed by atoms with Gasteiger partial charge in [0.2, 0.25) is 5.95 Å². The molecular formula is C54H32N8O. The molecule has 6 aromatic heterocycles. The zero-order valence-corrected chi connectivity index (χ0v) is 33.5. The van der Waals surface area contributed by atoms with Crippen molar-refractivity contribution in [2.24, 2.45) is 0 Å². The normalized spacial score (nSPS) is 11.8. The van der Waals surface area contributed by atoms with E-state index >= 15 is 0 Å². The van der Waals surface area contributed by atoms with Gasteiger partial charge in [-0.05, 0) is 72.8 Å². The molecule has 7 aromatic carbocycles. The van der Waals surface area contributed by atoms with Crippen LogP contribution in [0.15, 0.2) is 199 Å². The van der Waals surface area contributed by atoms with Gasteiger partial charge in [0.25, 0.3) is 0 Å². The second-order valence-electron chi connectivity index (χ2n) is 15.6. The first kappa shape index (κ1) is 35.0. The summed E-state index contributed by atoms with van der Waals surface area (Å²) < 4.78 is 10.6. The number of nitrogens with zero attached hydrogens (tertiary/aromatic N) is 8. The smallest absolute Gasteiger partial charge is 0.238 e. The Bertz CT molecular complexity index is 3870. The first-order valence-electron chi connectivity index (χ1n) is 20.8. The molecule has 0 unspecified atom stereocenters. The molecule has 0 N–H and O–H groups in total. The predicted molar refractivity (Wildman–Crippen MR) is 251 cm³/mol. The van der Waals surface area contributed by atoms with E-state index in [1.807, 2.05) is 97.3 Å². The van der Waals surface area contributed by atoms with Crippen LogP contribution in [0.3, 0.4) is 0 Å². The standard InChI is InChI=1S/C54H32N8O/c1-3-11-33(12-4-1)52-58-53(34-13-5-2-6-14-34)60-54(59-52)62-46-18-10-8-16-39(46)41-30-36(20-23-48(41)62)51-56-28-25-44(57-51)35-19-22-47-40(29-35)38-15-7-9-17-45(38)61(47)37-21-24-49-42(31-37)43-32-55-27-26-50(43)63-49/h1-32H. The Morgan fingerprint density at radius 2 is 0.968 bits per heavy atom. The maximum atomic E-state index is 6.13. The quantitative estimate of drug-likeness (QED) is 0.165. The Balaban J connectivity index is 0.920. The van der Waals surface area contributed by atoms with Gasteiger partial charge in [0.05, 0.1) is 27.8 Å². The molecule has 0 atom stereocenters. The van der Waals surface area contributed by atoms with Crippen LogP contribution in [0.1, 0.15) is 0 Å². The lowest BCUT2D eigenvalue weighted by Gasteiger charge is -2.11. The van der Waals surface area contributed by atoms with Crippen molar-refractivity contribution in [2.75, 3.05) is 0 Å². The first-order chi connectivity index (χ1) is 31.2. The van der Waals surface area contributed by atoms with E-state index in [1.165, 1.54) is 0 Å². The van der Waals surface area contributed by atoms with Crippen LogP contribution in [0.4, 0.5) is 0 Å².